The molecule has 1 aromatic carbocycles. The Morgan fingerprint density at radius 2 is 2.12 bits per heavy atom. The predicted octanol–water partition coefficient (Wildman–Crippen LogP) is 3.24. The van der Waals surface area contributed by atoms with E-state index in [-0.39, 0.29) is 10.6 Å². The van der Waals surface area contributed by atoms with E-state index in [0.29, 0.717) is 11.3 Å². The fourth-order valence-corrected chi connectivity index (χ4v) is 1.59. The molecule has 0 aliphatic rings. The van der Waals surface area contributed by atoms with Gasteiger partial charge < -0.3 is 5.11 Å². The first kappa shape index (κ1) is 11.5. The third-order valence-electron chi connectivity index (χ3n) is 2.21. The van der Waals surface area contributed by atoms with Gasteiger partial charge in [-0.15, -0.1) is 0 Å². The molecule has 0 saturated carbocycles. The van der Waals surface area contributed by atoms with Crippen molar-refractivity contribution in [3.8, 4) is 11.3 Å². The zero-order valence-electron chi connectivity index (χ0n) is 8.52. The van der Waals surface area contributed by atoms with Crippen LogP contribution >= 0.6 is 11.6 Å². The average molecular weight is 252 g/mol. The maximum absolute atomic E-state index is 13.0. The lowest BCUT2D eigenvalue weighted by molar-refractivity contribution is 0.0697. The van der Waals surface area contributed by atoms with E-state index < -0.39 is 11.8 Å². The smallest absolute Gasteiger partial charge is 0.337 e. The van der Waals surface area contributed by atoms with E-state index in [1.165, 1.54) is 30.5 Å². The van der Waals surface area contributed by atoms with E-state index in [9.17, 15) is 9.18 Å². The molecule has 5 heteroatoms. The largest absolute Gasteiger partial charge is 0.478 e. The number of nitrogens with zero attached hydrogens (tertiary/aromatic N) is 1. The number of halogens is 2. The Morgan fingerprint density at radius 1 is 1.35 bits per heavy atom. The number of rotatable bonds is 2. The molecule has 17 heavy (non-hydrogen) atoms. The molecule has 2 aromatic rings. The minimum absolute atomic E-state index is 0.0534. The molecular weight excluding hydrogens is 245 g/mol. The molecule has 0 aliphatic heterocycles. The lowest BCUT2D eigenvalue weighted by atomic mass is 10.1. The highest BCUT2D eigenvalue weighted by Gasteiger charge is 2.11. The Labute approximate surface area is 101 Å². The summed E-state index contributed by atoms with van der Waals surface area (Å²) in [5.74, 6) is -1.55. The van der Waals surface area contributed by atoms with Gasteiger partial charge in [0, 0.05) is 11.8 Å². The molecule has 0 spiro atoms. The van der Waals surface area contributed by atoms with E-state index in [4.69, 9.17) is 16.7 Å². The number of carboxylic acid groups (broad SMARTS) is 1. The van der Waals surface area contributed by atoms with Crippen molar-refractivity contribution < 1.29 is 14.3 Å². The summed E-state index contributed by atoms with van der Waals surface area (Å²) in [5.41, 5.74) is 0.816. The van der Waals surface area contributed by atoms with Gasteiger partial charge in [0.05, 0.1) is 16.3 Å². The molecule has 0 saturated heterocycles. The molecule has 1 heterocycles. The van der Waals surface area contributed by atoms with Crippen LogP contribution in [-0.4, -0.2) is 16.1 Å². The van der Waals surface area contributed by atoms with Crippen LogP contribution in [0, 0.1) is 5.82 Å². The summed E-state index contributed by atoms with van der Waals surface area (Å²) < 4.78 is 13.0. The number of hydrogen-bond donors (Lipinski definition) is 1. The third kappa shape index (κ3) is 2.42. The molecule has 0 aliphatic carbocycles. The van der Waals surface area contributed by atoms with Gasteiger partial charge in [0.2, 0.25) is 0 Å². The summed E-state index contributed by atoms with van der Waals surface area (Å²) in [6.45, 7) is 0. The summed E-state index contributed by atoms with van der Waals surface area (Å²) in [5, 5.41) is 8.96. The van der Waals surface area contributed by atoms with Crippen molar-refractivity contribution in [3.05, 3.63) is 52.9 Å². The number of aromatic nitrogens is 1. The fraction of sp³-hybridized carbons (Fsp3) is 0. The Hall–Kier alpha value is -1.94. The van der Waals surface area contributed by atoms with Gasteiger partial charge in [-0.25, -0.2) is 9.18 Å². The quantitative estimate of drug-likeness (QED) is 0.891. The first-order valence-electron chi connectivity index (χ1n) is 4.72. The van der Waals surface area contributed by atoms with Gasteiger partial charge in [0.1, 0.15) is 5.82 Å². The van der Waals surface area contributed by atoms with Crippen LogP contribution in [0.4, 0.5) is 4.39 Å². The molecule has 0 amide bonds. The van der Waals surface area contributed by atoms with Gasteiger partial charge in [-0.05, 0) is 18.2 Å². The van der Waals surface area contributed by atoms with E-state index in [1.807, 2.05) is 0 Å². The second-order valence-corrected chi connectivity index (χ2v) is 3.77. The molecule has 1 N–H and O–H groups in total. The number of aromatic carboxylic acids is 1. The molecular formula is C12H7ClFNO2. The maximum atomic E-state index is 13.0. The molecule has 0 bridgehead atoms. The van der Waals surface area contributed by atoms with Crippen molar-refractivity contribution in [1.29, 1.82) is 0 Å². The minimum atomic E-state index is -1.14. The van der Waals surface area contributed by atoms with Crippen LogP contribution in [0.1, 0.15) is 10.4 Å². The van der Waals surface area contributed by atoms with Crippen molar-refractivity contribution in [2.45, 2.75) is 0 Å². The minimum Gasteiger partial charge on any atom is -0.478 e. The van der Waals surface area contributed by atoms with Crippen molar-refractivity contribution in [1.82, 2.24) is 4.98 Å². The summed E-state index contributed by atoms with van der Waals surface area (Å²) in [7, 11) is 0. The SMILES string of the molecule is O=C(O)c1cc(-c2cccc(F)c2)ncc1Cl. The molecule has 0 unspecified atom stereocenters. The Kier molecular flexibility index (Phi) is 3.06. The maximum Gasteiger partial charge on any atom is 0.337 e. The van der Waals surface area contributed by atoms with Crippen LogP contribution in [0.3, 0.4) is 0 Å². The molecule has 0 atom stereocenters. The van der Waals surface area contributed by atoms with Crippen LogP contribution in [0.15, 0.2) is 36.5 Å². The lowest BCUT2D eigenvalue weighted by Crippen LogP contribution is -1.99. The highest BCUT2D eigenvalue weighted by Crippen LogP contribution is 2.23. The van der Waals surface area contributed by atoms with Crippen LogP contribution in [0.2, 0.25) is 5.02 Å². The standard InChI is InChI=1S/C12H7ClFNO2/c13-10-6-15-11(5-9(10)12(16)17)7-2-1-3-8(14)4-7/h1-6H,(H,16,17). The number of pyridine rings is 1. The van der Waals surface area contributed by atoms with Gasteiger partial charge in [0.15, 0.2) is 0 Å². The summed E-state index contributed by atoms with van der Waals surface area (Å²) in [6.07, 6.45) is 1.24. The van der Waals surface area contributed by atoms with Crippen LogP contribution in [0.25, 0.3) is 11.3 Å². The van der Waals surface area contributed by atoms with Crippen LogP contribution < -0.4 is 0 Å². The zero-order chi connectivity index (χ0) is 12.4. The van der Waals surface area contributed by atoms with E-state index in [1.54, 1.807) is 6.07 Å². The van der Waals surface area contributed by atoms with Crippen LogP contribution in [0.5, 0.6) is 0 Å². The molecule has 86 valence electrons. The van der Waals surface area contributed by atoms with Gasteiger partial charge in [-0.1, -0.05) is 23.7 Å². The molecule has 0 radical (unpaired) electrons. The first-order chi connectivity index (χ1) is 8.08. The van der Waals surface area contributed by atoms with Gasteiger partial charge >= 0.3 is 5.97 Å². The third-order valence-corrected chi connectivity index (χ3v) is 2.51. The summed E-state index contributed by atoms with van der Waals surface area (Å²) >= 11 is 5.69. The number of hydrogen-bond acceptors (Lipinski definition) is 2. The second-order valence-electron chi connectivity index (χ2n) is 3.36. The molecule has 1 aromatic heterocycles. The Balaban J connectivity index is 2.54. The topological polar surface area (TPSA) is 50.2 Å². The zero-order valence-corrected chi connectivity index (χ0v) is 9.28. The highest BCUT2D eigenvalue weighted by atomic mass is 35.5. The number of carbonyl (C=O) groups is 1. The molecule has 0 fully saturated rings. The second kappa shape index (κ2) is 4.51. The lowest BCUT2D eigenvalue weighted by Gasteiger charge is -2.03. The van der Waals surface area contributed by atoms with Gasteiger partial charge in [0.25, 0.3) is 0 Å². The van der Waals surface area contributed by atoms with E-state index in [2.05, 4.69) is 4.98 Å². The van der Waals surface area contributed by atoms with Crippen LogP contribution in [-0.2, 0) is 0 Å². The Bertz CT molecular complexity index is 586. The summed E-state index contributed by atoms with van der Waals surface area (Å²) in [6, 6.07) is 7.07. The molecule has 3 nitrogen and oxygen atoms in total. The van der Waals surface area contributed by atoms with E-state index in [0.717, 1.165) is 0 Å². The van der Waals surface area contributed by atoms with Crippen molar-refractivity contribution in [2.75, 3.05) is 0 Å². The van der Waals surface area contributed by atoms with Crippen molar-refractivity contribution >= 4 is 17.6 Å². The molecule has 2 rings (SSSR count). The monoisotopic (exact) mass is 251 g/mol. The fourth-order valence-electron chi connectivity index (χ4n) is 1.41. The average Bonchev–Trinajstić information content (AvgIpc) is 2.29. The predicted molar refractivity (Wildman–Crippen MR) is 61.6 cm³/mol. The normalized spacial score (nSPS) is 10.2. The summed E-state index contributed by atoms with van der Waals surface area (Å²) in [4.78, 5) is 14.9. The van der Waals surface area contributed by atoms with Gasteiger partial charge in [-0.3, -0.25) is 4.98 Å². The van der Waals surface area contributed by atoms with Crippen molar-refractivity contribution in [3.63, 3.8) is 0 Å². The van der Waals surface area contributed by atoms with E-state index >= 15 is 0 Å². The van der Waals surface area contributed by atoms with Crippen molar-refractivity contribution in [2.24, 2.45) is 0 Å². The Morgan fingerprint density at radius 3 is 2.76 bits per heavy atom. The van der Waals surface area contributed by atoms with Gasteiger partial charge in [-0.2, -0.15) is 0 Å². The first-order valence-corrected chi connectivity index (χ1v) is 5.10. The highest BCUT2D eigenvalue weighted by molar-refractivity contribution is 6.33. The number of carboxylic acids is 1. The number of benzene rings is 1.